The minimum atomic E-state index is -0.758. The van der Waals surface area contributed by atoms with E-state index in [4.69, 9.17) is 0 Å². The lowest BCUT2D eigenvalue weighted by molar-refractivity contribution is -0.139. The molecule has 2 saturated heterocycles. The fraction of sp³-hybridized carbons (Fsp3) is 0.562. The van der Waals surface area contributed by atoms with Crippen LogP contribution in [0.2, 0.25) is 0 Å². The number of piperidine rings is 1. The lowest BCUT2D eigenvalue weighted by Gasteiger charge is -2.43. The molecule has 1 aromatic rings. The van der Waals surface area contributed by atoms with E-state index in [9.17, 15) is 9.90 Å². The van der Waals surface area contributed by atoms with Gasteiger partial charge in [-0.2, -0.15) is 0 Å². The summed E-state index contributed by atoms with van der Waals surface area (Å²) < 4.78 is 0. The maximum atomic E-state index is 11.7. The van der Waals surface area contributed by atoms with Gasteiger partial charge < -0.3 is 10.0 Å². The minimum Gasteiger partial charge on any atom is -0.385 e. The standard InChI is InChI=1S/C16H21NO2/c1-11-3-5-13(6-4-11)16(19)9-14-7-8-15(10-16)17(14)12(2)18/h3-6,14-15,19H,7-10H2,1-2H3/t14-,15+,16?. The SMILES string of the molecule is CC(=O)N1[C@@H]2CC[C@H]1CC(O)(c1ccc(C)cc1)C2. The normalized spacial score (nSPS) is 33.5. The van der Waals surface area contributed by atoms with Gasteiger partial charge in [0.2, 0.25) is 5.91 Å². The van der Waals surface area contributed by atoms with E-state index in [1.807, 2.05) is 29.2 Å². The average Bonchev–Trinajstić information content (AvgIpc) is 2.64. The zero-order valence-electron chi connectivity index (χ0n) is 11.6. The van der Waals surface area contributed by atoms with Crippen LogP contribution in [0.1, 0.15) is 43.7 Å². The van der Waals surface area contributed by atoms with Crippen LogP contribution in [0.25, 0.3) is 0 Å². The monoisotopic (exact) mass is 259 g/mol. The smallest absolute Gasteiger partial charge is 0.219 e. The van der Waals surface area contributed by atoms with E-state index in [1.165, 1.54) is 5.56 Å². The van der Waals surface area contributed by atoms with E-state index in [0.29, 0.717) is 12.8 Å². The molecule has 3 nitrogen and oxygen atoms in total. The molecule has 0 radical (unpaired) electrons. The number of aliphatic hydroxyl groups is 1. The van der Waals surface area contributed by atoms with Gasteiger partial charge in [0.05, 0.1) is 5.60 Å². The summed E-state index contributed by atoms with van der Waals surface area (Å²) in [5.74, 6) is 0.151. The largest absolute Gasteiger partial charge is 0.385 e. The highest BCUT2D eigenvalue weighted by Gasteiger charge is 2.49. The van der Waals surface area contributed by atoms with Gasteiger partial charge in [0.15, 0.2) is 0 Å². The molecule has 0 saturated carbocycles. The Morgan fingerprint density at radius 2 is 1.74 bits per heavy atom. The zero-order valence-corrected chi connectivity index (χ0v) is 11.6. The average molecular weight is 259 g/mol. The quantitative estimate of drug-likeness (QED) is 0.841. The van der Waals surface area contributed by atoms with Crippen molar-refractivity contribution in [2.24, 2.45) is 0 Å². The molecule has 19 heavy (non-hydrogen) atoms. The molecule has 0 aromatic heterocycles. The van der Waals surface area contributed by atoms with Crippen molar-refractivity contribution in [2.45, 2.75) is 57.2 Å². The van der Waals surface area contributed by atoms with E-state index >= 15 is 0 Å². The van der Waals surface area contributed by atoms with Gasteiger partial charge in [-0.3, -0.25) is 4.79 Å². The number of amides is 1. The number of rotatable bonds is 1. The first-order chi connectivity index (χ1) is 8.99. The number of hydrogen-bond donors (Lipinski definition) is 1. The van der Waals surface area contributed by atoms with Crippen LogP contribution in [0.4, 0.5) is 0 Å². The summed E-state index contributed by atoms with van der Waals surface area (Å²) in [5, 5.41) is 11.0. The zero-order chi connectivity index (χ0) is 13.6. The van der Waals surface area contributed by atoms with E-state index in [2.05, 4.69) is 6.92 Å². The van der Waals surface area contributed by atoms with Gasteiger partial charge in [-0.1, -0.05) is 29.8 Å². The lowest BCUT2D eigenvalue weighted by Crippen LogP contribution is -2.51. The number of nitrogens with zero attached hydrogens (tertiary/aromatic N) is 1. The molecular formula is C16H21NO2. The molecule has 1 aromatic carbocycles. The summed E-state index contributed by atoms with van der Waals surface area (Å²) in [7, 11) is 0. The molecule has 2 heterocycles. The van der Waals surface area contributed by atoms with Crippen molar-refractivity contribution in [2.75, 3.05) is 0 Å². The maximum Gasteiger partial charge on any atom is 0.219 e. The number of carbonyl (C=O) groups excluding carboxylic acids is 1. The van der Waals surface area contributed by atoms with Gasteiger partial charge in [-0.05, 0) is 25.3 Å². The second-order valence-corrected chi connectivity index (χ2v) is 6.12. The molecular weight excluding hydrogens is 238 g/mol. The maximum absolute atomic E-state index is 11.7. The van der Waals surface area contributed by atoms with Crippen molar-refractivity contribution in [3.8, 4) is 0 Å². The van der Waals surface area contributed by atoms with Crippen molar-refractivity contribution in [3.05, 3.63) is 35.4 Å². The van der Waals surface area contributed by atoms with Gasteiger partial charge in [-0.25, -0.2) is 0 Å². The number of aryl methyl sites for hydroxylation is 1. The first-order valence-electron chi connectivity index (χ1n) is 7.08. The summed E-state index contributed by atoms with van der Waals surface area (Å²) in [5.41, 5.74) is 1.44. The van der Waals surface area contributed by atoms with E-state index in [-0.39, 0.29) is 18.0 Å². The Bertz CT molecular complexity index is 480. The van der Waals surface area contributed by atoms with Gasteiger partial charge in [0, 0.05) is 31.8 Å². The van der Waals surface area contributed by atoms with Crippen molar-refractivity contribution in [1.29, 1.82) is 0 Å². The molecule has 1 unspecified atom stereocenters. The molecule has 2 aliphatic heterocycles. The molecule has 2 fully saturated rings. The number of carbonyl (C=O) groups is 1. The number of hydrogen-bond acceptors (Lipinski definition) is 2. The fourth-order valence-electron chi connectivity index (χ4n) is 3.84. The summed E-state index contributed by atoms with van der Waals surface area (Å²) in [6.45, 7) is 3.69. The van der Waals surface area contributed by atoms with Crippen LogP contribution in [0.5, 0.6) is 0 Å². The van der Waals surface area contributed by atoms with Crippen LogP contribution in [0.15, 0.2) is 24.3 Å². The molecule has 3 atom stereocenters. The van der Waals surface area contributed by atoms with Crippen molar-refractivity contribution < 1.29 is 9.90 Å². The highest BCUT2D eigenvalue weighted by atomic mass is 16.3. The molecule has 0 aliphatic carbocycles. The predicted octanol–water partition coefficient (Wildman–Crippen LogP) is 2.36. The summed E-state index contributed by atoms with van der Waals surface area (Å²) in [6.07, 6.45) is 3.40. The third-order valence-corrected chi connectivity index (χ3v) is 4.72. The third-order valence-electron chi connectivity index (χ3n) is 4.72. The Balaban J connectivity index is 1.88. The second-order valence-electron chi connectivity index (χ2n) is 6.12. The van der Waals surface area contributed by atoms with Gasteiger partial charge in [0.25, 0.3) is 0 Å². The molecule has 1 amide bonds. The van der Waals surface area contributed by atoms with E-state index in [0.717, 1.165) is 18.4 Å². The molecule has 2 bridgehead atoms. The summed E-state index contributed by atoms with van der Waals surface area (Å²) in [4.78, 5) is 13.7. The van der Waals surface area contributed by atoms with Crippen LogP contribution in [0, 0.1) is 6.92 Å². The van der Waals surface area contributed by atoms with Gasteiger partial charge >= 0.3 is 0 Å². The fourth-order valence-corrected chi connectivity index (χ4v) is 3.84. The Morgan fingerprint density at radius 3 is 2.21 bits per heavy atom. The minimum absolute atomic E-state index is 0.151. The molecule has 3 heteroatoms. The summed E-state index contributed by atoms with van der Waals surface area (Å²) >= 11 is 0. The number of fused-ring (bicyclic) bond motifs is 2. The van der Waals surface area contributed by atoms with Crippen LogP contribution >= 0.6 is 0 Å². The molecule has 1 N–H and O–H groups in total. The van der Waals surface area contributed by atoms with Crippen LogP contribution in [-0.2, 0) is 10.4 Å². The summed E-state index contributed by atoms with van der Waals surface area (Å²) in [6, 6.07) is 8.57. The Kier molecular flexibility index (Phi) is 2.90. The van der Waals surface area contributed by atoms with Crippen molar-refractivity contribution in [3.63, 3.8) is 0 Å². The predicted molar refractivity (Wildman–Crippen MR) is 73.6 cm³/mol. The van der Waals surface area contributed by atoms with Crippen molar-refractivity contribution in [1.82, 2.24) is 4.90 Å². The Hall–Kier alpha value is -1.35. The van der Waals surface area contributed by atoms with Gasteiger partial charge in [0.1, 0.15) is 0 Å². The van der Waals surface area contributed by atoms with E-state index < -0.39 is 5.60 Å². The van der Waals surface area contributed by atoms with Gasteiger partial charge in [-0.15, -0.1) is 0 Å². The lowest BCUT2D eigenvalue weighted by atomic mass is 9.80. The first kappa shape index (κ1) is 12.7. The topological polar surface area (TPSA) is 40.5 Å². The molecule has 0 spiro atoms. The van der Waals surface area contributed by atoms with Crippen molar-refractivity contribution >= 4 is 5.91 Å². The third kappa shape index (κ3) is 2.06. The van der Waals surface area contributed by atoms with E-state index in [1.54, 1.807) is 6.92 Å². The highest BCUT2D eigenvalue weighted by Crippen LogP contribution is 2.45. The Labute approximate surface area is 114 Å². The second kappa shape index (κ2) is 4.34. The van der Waals surface area contributed by atoms with Crippen LogP contribution in [-0.4, -0.2) is 28.0 Å². The molecule has 2 aliphatic rings. The number of benzene rings is 1. The highest BCUT2D eigenvalue weighted by molar-refractivity contribution is 5.74. The van der Waals surface area contributed by atoms with Crippen LogP contribution < -0.4 is 0 Å². The van der Waals surface area contributed by atoms with Crippen LogP contribution in [0.3, 0.4) is 0 Å². The molecule has 3 rings (SSSR count). The molecule has 102 valence electrons. The first-order valence-corrected chi connectivity index (χ1v) is 7.08. The Morgan fingerprint density at radius 1 is 1.21 bits per heavy atom.